The van der Waals surface area contributed by atoms with Crippen LogP contribution in [0, 0.1) is 0 Å². The summed E-state index contributed by atoms with van der Waals surface area (Å²) in [4.78, 5) is 16.5. The van der Waals surface area contributed by atoms with Crippen LogP contribution in [0.5, 0.6) is 0 Å². The lowest BCUT2D eigenvalue weighted by Crippen LogP contribution is -2.39. The summed E-state index contributed by atoms with van der Waals surface area (Å²) < 4.78 is 10.4. The summed E-state index contributed by atoms with van der Waals surface area (Å²) in [5.41, 5.74) is 1.75. The lowest BCUT2D eigenvalue weighted by atomic mass is 10.2. The van der Waals surface area contributed by atoms with Crippen LogP contribution in [0.1, 0.15) is 30.0 Å². The summed E-state index contributed by atoms with van der Waals surface area (Å²) in [6, 6.07) is 10.9. The standard InChI is InChI=1S/C19H26N4O3.HI/c1-3-20-19(21-11-13-25-4-2)22-14-15-7-9-16(10-8-15)23-18(24)17-6-5-12-26-17;/h5-10,12H,3-4,11,13-14H2,1-2H3,(H,23,24)(H2,20,21,22);1H. The SMILES string of the molecule is CCNC(=NCc1ccc(NC(=O)c2ccco2)cc1)NCCOCC.I. The van der Waals surface area contributed by atoms with Gasteiger partial charge in [-0.25, -0.2) is 4.99 Å². The first kappa shape index (κ1) is 23.0. The third-order valence-electron chi connectivity index (χ3n) is 3.46. The van der Waals surface area contributed by atoms with Gasteiger partial charge in [-0.1, -0.05) is 12.1 Å². The highest BCUT2D eigenvalue weighted by Crippen LogP contribution is 2.12. The fourth-order valence-corrected chi connectivity index (χ4v) is 2.19. The summed E-state index contributed by atoms with van der Waals surface area (Å²) in [5.74, 6) is 0.767. The van der Waals surface area contributed by atoms with Crippen LogP contribution >= 0.6 is 24.0 Å². The first-order chi connectivity index (χ1) is 12.7. The average molecular weight is 486 g/mol. The average Bonchev–Trinajstić information content (AvgIpc) is 3.19. The van der Waals surface area contributed by atoms with Gasteiger partial charge in [-0.05, 0) is 43.7 Å². The van der Waals surface area contributed by atoms with Crippen molar-refractivity contribution in [2.45, 2.75) is 20.4 Å². The normalized spacial score (nSPS) is 10.8. The number of nitrogens with zero attached hydrogens (tertiary/aromatic N) is 1. The topological polar surface area (TPSA) is 87.9 Å². The maximum Gasteiger partial charge on any atom is 0.291 e. The Morgan fingerprint density at radius 3 is 2.56 bits per heavy atom. The predicted molar refractivity (Wildman–Crippen MR) is 118 cm³/mol. The van der Waals surface area contributed by atoms with Crippen molar-refractivity contribution in [3.63, 3.8) is 0 Å². The molecule has 1 amide bonds. The van der Waals surface area contributed by atoms with Crippen LogP contribution in [-0.4, -0.2) is 38.2 Å². The Balaban J connectivity index is 0.00000364. The lowest BCUT2D eigenvalue weighted by Gasteiger charge is -2.11. The Morgan fingerprint density at radius 1 is 1.15 bits per heavy atom. The highest BCUT2D eigenvalue weighted by molar-refractivity contribution is 14.0. The maximum atomic E-state index is 11.9. The maximum absolute atomic E-state index is 11.9. The fourth-order valence-electron chi connectivity index (χ4n) is 2.19. The molecule has 1 aromatic heterocycles. The van der Waals surface area contributed by atoms with Crippen LogP contribution in [0.4, 0.5) is 5.69 Å². The largest absolute Gasteiger partial charge is 0.459 e. The second kappa shape index (κ2) is 13.2. The van der Waals surface area contributed by atoms with Crippen molar-refractivity contribution in [1.82, 2.24) is 10.6 Å². The smallest absolute Gasteiger partial charge is 0.291 e. The second-order valence-electron chi connectivity index (χ2n) is 5.45. The van der Waals surface area contributed by atoms with E-state index in [-0.39, 0.29) is 35.6 Å². The number of hydrogen-bond acceptors (Lipinski definition) is 4. The molecule has 0 spiro atoms. The quantitative estimate of drug-likeness (QED) is 0.219. The van der Waals surface area contributed by atoms with Crippen molar-refractivity contribution in [3.8, 4) is 0 Å². The van der Waals surface area contributed by atoms with E-state index >= 15 is 0 Å². The minimum Gasteiger partial charge on any atom is -0.459 e. The molecular weight excluding hydrogens is 459 g/mol. The Bertz CT molecular complexity index is 687. The van der Waals surface area contributed by atoms with Crippen LogP contribution in [-0.2, 0) is 11.3 Å². The molecule has 3 N–H and O–H groups in total. The molecule has 0 radical (unpaired) electrons. The molecule has 0 atom stereocenters. The van der Waals surface area contributed by atoms with Crippen molar-refractivity contribution in [1.29, 1.82) is 0 Å². The number of guanidine groups is 1. The van der Waals surface area contributed by atoms with Gasteiger partial charge in [-0.15, -0.1) is 24.0 Å². The van der Waals surface area contributed by atoms with Gasteiger partial charge in [0.05, 0.1) is 19.4 Å². The molecule has 0 fully saturated rings. The third kappa shape index (κ3) is 8.44. The molecule has 0 aliphatic rings. The highest BCUT2D eigenvalue weighted by atomic mass is 127. The molecule has 0 unspecified atom stereocenters. The van der Waals surface area contributed by atoms with E-state index in [2.05, 4.69) is 20.9 Å². The van der Waals surface area contributed by atoms with Crippen molar-refractivity contribution in [2.75, 3.05) is 31.6 Å². The zero-order valence-electron chi connectivity index (χ0n) is 15.7. The molecule has 7 nitrogen and oxygen atoms in total. The number of hydrogen-bond donors (Lipinski definition) is 3. The number of amides is 1. The number of nitrogens with one attached hydrogen (secondary N) is 3. The molecule has 0 saturated carbocycles. The van der Waals surface area contributed by atoms with Gasteiger partial charge in [0.1, 0.15) is 0 Å². The first-order valence-corrected chi connectivity index (χ1v) is 8.76. The molecule has 0 bridgehead atoms. The number of anilines is 1. The van der Waals surface area contributed by atoms with E-state index in [0.29, 0.717) is 32.0 Å². The van der Waals surface area contributed by atoms with Crippen molar-refractivity contribution in [3.05, 3.63) is 54.0 Å². The summed E-state index contributed by atoms with van der Waals surface area (Å²) in [6.07, 6.45) is 1.47. The number of halogens is 1. The van der Waals surface area contributed by atoms with E-state index in [1.165, 1.54) is 6.26 Å². The monoisotopic (exact) mass is 486 g/mol. The highest BCUT2D eigenvalue weighted by Gasteiger charge is 2.08. The first-order valence-electron chi connectivity index (χ1n) is 8.76. The second-order valence-corrected chi connectivity index (χ2v) is 5.45. The Hall–Kier alpha value is -2.07. The Kier molecular flexibility index (Phi) is 11.2. The van der Waals surface area contributed by atoms with Gasteiger partial charge in [0.15, 0.2) is 11.7 Å². The van der Waals surface area contributed by atoms with E-state index < -0.39 is 0 Å². The van der Waals surface area contributed by atoms with Crippen LogP contribution < -0.4 is 16.0 Å². The third-order valence-corrected chi connectivity index (χ3v) is 3.46. The number of carbonyl (C=O) groups excluding carboxylic acids is 1. The number of ether oxygens (including phenoxy) is 1. The van der Waals surface area contributed by atoms with Crippen LogP contribution in [0.2, 0.25) is 0 Å². The zero-order valence-corrected chi connectivity index (χ0v) is 18.0. The summed E-state index contributed by atoms with van der Waals surface area (Å²) >= 11 is 0. The lowest BCUT2D eigenvalue weighted by molar-refractivity contribution is 0.0996. The van der Waals surface area contributed by atoms with Gasteiger partial charge >= 0.3 is 0 Å². The van der Waals surface area contributed by atoms with Crippen LogP contribution in [0.15, 0.2) is 52.1 Å². The van der Waals surface area contributed by atoms with Gasteiger partial charge in [-0.2, -0.15) is 0 Å². The van der Waals surface area contributed by atoms with E-state index in [1.807, 2.05) is 38.1 Å². The van der Waals surface area contributed by atoms with Gasteiger partial charge in [-0.3, -0.25) is 4.79 Å². The summed E-state index contributed by atoms with van der Waals surface area (Å²) in [5, 5.41) is 9.21. The van der Waals surface area contributed by atoms with Crippen LogP contribution in [0.25, 0.3) is 0 Å². The Labute approximate surface area is 177 Å². The van der Waals surface area contributed by atoms with Crippen molar-refractivity contribution < 1.29 is 13.9 Å². The molecule has 0 aliphatic carbocycles. The fraction of sp³-hybridized carbons (Fsp3) is 0.368. The van der Waals surface area contributed by atoms with E-state index in [0.717, 1.165) is 18.1 Å². The molecule has 1 heterocycles. The van der Waals surface area contributed by atoms with Crippen LogP contribution in [0.3, 0.4) is 0 Å². The number of aliphatic imine (C=N–C) groups is 1. The van der Waals surface area contributed by atoms with Gasteiger partial charge in [0, 0.05) is 25.4 Å². The van der Waals surface area contributed by atoms with E-state index in [4.69, 9.17) is 9.15 Å². The molecule has 1 aromatic carbocycles. The molecule has 27 heavy (non-hydrogen) atoms. The molecule has 0 saturated heterocycles. The number of carbonyl (C=O) groups is 1. The molecule has 0 aliphatic heterocycles. The van der Waals surface area contributed by atoms with Gasteiger partial charge < -0.3 is 25.1 Å². The predicted octanol–water partition coefficient (Wildman–Crippen LogP) is 3.24. The minimum atomic E-state index is -0.270. The number of benzene rings is 1. The summed E-state index contributed by atoms with van der Waals surface area (Å²) in [7, 11) is 0. The van der Waals surface area contributed by atoms with E-state index in [9.17, 15) is 4.79 Å². The van der Waals surface area contributed by atoms with E-state index in [1.54, 1.807) is 12.1 Å². The molecule has 8 heteroatoms. The van der Waals surface area contributed by atoms with Crippen molar-refractivity contribution in [2.24, 2.45) is 4.99 Å². The molecule has 2 rings (SSSR count). The Morgan fingerprint density at radius 2 is 1.93 bits per heavy atom. The van der Waals surface area contributed by atoms with Crippen molar-refractivity contribution >= 4 is 41.5 Å². The number of rotatable bonds is 9. The molecule has 148 valence electrons. The minimum absolute atomic E-state index is 0. The summed E-state index contributed by atoms with van der Waals surface area (Å²) in [6.45, 7) is 7.38. The van der Waals surface area contributed by atoms with Gasteiger partial charge in [0.2, 0.25) is 0 Å². The number of furan rings is 1. The zero-order chi connectivity index (χ0) is 18.6. The van der Waals surface area contributed by atoms with Gasteiger partial charge in [0.25, 0.3) is 5.91 Å². The molecule has 2 aromatic rings. The molecular formula is C19H27IN4O3.